The fraction of sp³-hybridized carbons (Fsp3) is 0.238. The van der Waals surface area contributed by atoms with Gasteiger partial charge in [-0.05, 0) is 49.6 Å². The van der Waals surface area contributed by atoms with Gasteiger partial charge in [-0.15, -0.1) is 0 Å². The molecular weight excluding hydrogens is 356 g/mol. The molecule has 0 bridgehead atoms. The van der Waals surface area contributed by atoms with Crippen LogP contribution >= 0.6 is 0 Å². The van der Waals surface area contributed by atoms with Gasteiger partial charge in [-0.3, -0.25) is 9.78 Å². The lowest BCUT2D eigenvalue weighted by Gasteiger charge is -2.23. The summed E-state index contributed by atoms with van der Waals surface area (Å²) in [4.78, 5) is 24.2. The van der Waals surface area contributed by atoms with E-state index in [4.69, 9.17) is 8.94 Å². The van der Waals surface area contributed by atoms with Crippen molar-refractivity contribution in [1.29, 1.82) is 0 Å². The smallest absolute Gasteiger partial charge is 0.259 e. The van der Waals surface area contributed by atoms with E-state index in [0.717, 1.165) is 18.4 Å². The number of furan rings is 1. The first-order valence-corrected chi connectivity index (χ1v) is 9.21. The minimum atomic E-state index is -0.0575. The van der Waals surface area contributed by atoms with Crippen molar-refractivity contribution >= 4 is 17.0 Å². The molecule has 140 valence electrons. The molecule has 1 saturated carbocycles. The Balaban J connectivity index is 1.60. The summed E-state index contributed by atoms with van der Waals surface area (Å²) in [6, 6.07) is 9.47. The monoisotopic (exact) mass is 374 g/mol. The van der Waals surface area contributed by atoms with Gasteiger partial charge in [0.2, 0.25) is 0 Å². The van der Waals surface area contributed by atoms with Crippen LogP contribution in [0.5, 0.6) is 0 Å². The Morgan fingerprint density at radius 3 is 2.89 bits per heavy atom. The predicted octanol–water partition coefficient (Wildman–Crippen LogP) is 3.99. The van der Waals surface area contributed by atoms with Crippen molar-refractivity contribution in [2.45, 2.75) is 32.4 Å². The quantitative estimate of drug-likeness (QED) is 0.525. The first-order valence-electron chi connectivity index (χ1n) is 9.21. The zero-order valence-electron chi connectivity index (χ0n) is 15.3. The topological polar surface area (TPSA) is 85.3 Å². The lowest BCUT2D eigenvalue weighted by molar-refractivity contribution is 0.0731. The second-order valence-electron chi connectivity index (χ2n) is 7.01. The van der Waals surface area contributed by atoms with Crippen LogP contribution in [0, 0.1) is 6.92 Å². The molecule has 0 N–H and O–H groups in total. The van der Waals surface area contributed by atoms with E-state index in [1.54, 1.807) is 36.9 Å². The molecule has 0 spiro atoms. The molecule has 0 unspecified atom stereocenters. The zero-order chi connectivity index (χ0) is 19.1. The molecule has 5 rings (SSSR count). The number of rotatable bonds is 5. The van der Waals surface area contributed by atoms with E-state index < -0.39 is 0 Å². The molecule has 1 aliphatic rings. The number of nitrogens with zero attached hydrogens (tertiary/aromatic N) is 4. The number of carbonyl (C=O) groups excluding carboxylic acids is 1. The fourth-order valence-electron chi connectivity index (χ4n) is 3.41. The Morgan fingerprint density at radius 1 is 1.29 bits per heavy atom. The van der Waals surface area contributed by atoms with Gasteiger partial charge in [0.05, 0.1) is 22.9 Å². The van der Waals surface area contributed by atoms with E-state index >= 15 is 0 Å². The summed E-state index contributed by atoms with van der Waals surface area (Å²) in [5.74, 6) is 0.521. The average Bonchev–Trinajstić information content (AvgIpc) is 3.27. The minimum Gasteiger partial charge on any atom is -0.463 e. The Bertz CT molecular complexity index is 1130. The first kappa shape index (κ1) is 16.7. The maximum absolute atomic E-state index is 13.6. The van der Waals surface area contributed by atoms with E-state index in [-0.39, 0.29) is 11.9 Å². The molecule has 4 aromatic rings. The van der Waals surface area contributed by atoms with Gasteiger partial charge in [0.15, 0.2) is 5.76 Å². The molecule has 4 heterocycles. The van der Waals surface area contributed by atoms with Gasteiger partial charge >= 0.3 is 0 Å². The van der Waals surface area contributed by atoms with Crippen LogP contribution in [-0.2, 0) is 6.54 Å². The number of amides is 1. The van der Waals surface area contributed by atoms with Gasteiger partial charge in [-0.25, -0.2) is 4.98 Å². The maximum atomic E-state index is 13.6. The highest BCUT2D eigenvalue weighted by Gasteiger charge is 2.34. The second-order valence-corrected chi connectivity index (χ2v) is 7.01. The minimum absolute atomic E-state index is 0.0575. The molecule has 1 amide bonds. The fourth-order valence-corrected chi connectivity index (χ4v) is 3.41. The van der Waals surface area contributed by atoms with Crippen LogP contribution in [-0.4, -0.2) is 32.0 Å². The molecule has 28 heavy (non-hydrogen) atoms. The van der Waals surface area contributed by atoms with Crippen molar-refractivity contribution in [2.24, 2.45) is 0 Å². The van der Waals surface area contributed by atoms with Crippen LogP contribution in [0.25, 0.3) is 22.6 Å². The SMILES string of the molecule is Cc1noc2nc(-c3ccco3)cc(C(=O)N(Cc3cccnc3)C3CC3)c12. The third-order valence-corrected chi connectivity index (χ3v) is 4.95. The number of aromatic nitrogens is 3. The van der Waals surface area contributed by atoms with Gasteiger partial charge in [0.1, 0.15) is 5.69 Å². The van der Waals surface area contributed by atoms with E-state index in [1.807, 2.05) is 24.0 Å². The van der Waals surface area contributed by atoms with Crippen molar-refractivity contribution in [3.8, 4) is 11.5 Å². The van der Waals surface area contributed by atoms with Crippen LogP contribution < -0.4 is 0 Å². The summed E-state index contributed by atoms with van der Waals surface area (Å²) < 4.78 is 10.8. The molecule has 0 atom stereocenters. The Hall–Kier alpha value is -3.48. The number of fused-ring (bicyclic) bond motifs is 1. The van der Waals surface area contributed by atoms with Crippen molar-refractivity contribution in [1.82, 2.24) is 20.0 Å². The Labute approximate surface area is 161 Å². The number of pyridine rings is 2. The van der Waals surface area contributed by atoms with Crippen LogP contribution in [0.1, 0.15) is 34.5 Å². The van der Waals surface area contributed by atoms with E-state index in [2.05, 4.69) is 15.1 Å². The summed E-state index contributed by atoms with van der Waals surface area (Å²) in [6.45, 7) is 2.33. The van der Waals surface area contributed by atoms with Crippen molar-refractivity contribution in [2.75, 3.05) is 0 Å². The summed E-state index contributed by atoms with van der Waals surface area (Å²) in [6.07, 6.45) is 7.12. The molecule has 1 fully saturated rings. The molecule has 0 radical (unpaired) electrons. The third kappa shape index (κ3) is 2.94. The van der Waals surface area contributed by atoms with Crippen LogP contribution in [0.2, 0.25) is 0 Å². The van der Waals surface area contributed by atoms with Gasteiger partial charge < -0.3 is 13.8 Å². The molecule has 0 aliphatic heterocycles. The standard InChI is InChI=1S/C21H18N4O3/c1-13-19-16(10-17(18-5-3-9-27-18)23-20(19)28-24-13)21(26)25(15-6-7-15)12-14-4-2-8-22-11-14/h2-5,8-11,15H,6-7,12H2,1H3. The van der Waals surface area contributed by atoms with E-state index in [1.165, 1.54) is 0 Å². The van der Waals surface area contributed by atoms with E-state index in [0.29, 0.717) is 40.4 Å². The normalized spacial score (nSPS) is 13.8. The maximum Gasteiger partial charge on any atom is 0.259 e. The highest BCUT2D eigenvalue weighted by atomic mass is 16.5. The number of aryl methyl sites for hydroxylation is 1. The van der Waals surface area contributed by atoms with Crippen LogP contribution in [0.3, 0.4) is 0 Å². The Morgan fingerprint density at radius 2 is 2.18 bits per heavy atom. The van der Waals surface area contributed by atoms with Crippen LogP contribution in [0.4, 0.5) is 0 Å². The first-order chi connectivity index (χ1) is 13.7. The third-order valence-electron chi connectivity index (χ3n) is 4.95. The molecule has 7 nitrogen and oxygen atoms in total. The number of hydrogen-bond donors (Lipinski definition) is 0. The van der Waals surface area contributed by atoms with Gasteiger partial charge in [-0.1, -0.05) is 11.2 Å². The lowest BCUT2D eigenvalue weighted by atomic mass is 10.1. The largest absolute Gasteiger partial charge is 0.463 e. The van der Waals surface area contributed by atoms with Crippen LogP contribution in [0.15, 0.2) is 57.9 Å². The summed E-state index contributed by atoms with van der Waals surface area (Å²) in [5, 5.41) is 4.67. The van der Waals surface area contributed by atoms with Crippen molar-refractivity contribution in [3.63, 3.8) is 0 Å². The van der Waals surface area contributed by atoms with Crippen molar-refractivity contribution < 1.29 is 13.7 Å². The molecule has 4 aromatic heterocycles. The summed E-state index contributed by atoms with van der Waals surface area (Å²) >= 11 is 0. The highest BCUT2D eigenvalue weighted by Crippen LogP contribution is 2.33. The Kier molecular flexibility index (Phi) is 3.93. The van der Waals surface area contributed by atoms with Gasteiger partial charge in [0.25, 0.3) is 11.6 Å². The molecular formula is C21H18N4O3. The van der Waals surface area contributed by atoms with E-state index in [9.17, 15) is 4.79 Å². The number of carbonyl (C=O) groups is 1. The van der Waals surface area contributed by atoms with Gasteiger partial charge in [-0.2, -0.15) is 0 Å². The number of hydrogen-bond acceptors (Lipinski definition) is 6. The molecule has 7 heteroatoms. The summed E-state index contributed by atoms with van der Waals surface area (Å²) in [5.41, 5.74) is 3.07. The van der Waals surface area contributed by atoms with Gasteiger partial charge in [0, 0.05) is 25.0 Å². The zero-order valence-corrected chi connectivity index (χ0v) is 15.3. The lowest BCUT2D eigenvalue weighted by Crippen LogP contribution is -2.33. The predicted molar refractivity (Wildman–Crippen MR) is 101 cm³/mol. The summed E-state index contributed by atoms with van der Waals surface area (Å²) in [7, 11) is 0. The second kappa shape index (κ2) is 6.60. The molecule has 1 aliphatic carbocycles. The molecule has 0 aromatic carbocycles. The molecule has 0 saturated heterocycles. The average molecular weight is 374 g/mol. The highest BCUT2D eigenvalue weighted by molar-refractivity contribution is 6.07. The van der Waals surface area contributed by atoms with Crippen molar-refractivity contribution in [3.05, 3.63) is 65.8 Å².